The van der Waals surface area contributed by atoms with Crippen molar-refractivity contribution in [2.24, 2.45) is 0 Å². The Morgan fingerprint density at radius 1 is 1.03 bits per heavy atom. The number of hydrogen-bond donors (Lipinski definition) is 1. The number of carboxylic acid groups (broad SMARTS) is 1. The SMILES string of the molecule is CCN(CC)C(=O)/C=C(/C)c1ccc(OCc2ccc(Cl)cc2Cl)c(OCC(=O)O)c1. The summed E-state index contributed by atoms with van der Waals surface area (Å²) in [4.78, 5) is 25.1. The van der Waals surface area contributed by atoms with Crippen molar-refractivity contribution < 1.29 is 24.2 Å². The molecule has 0 aliphatic carbocycles. The van der Waals surface area contributed by atoms with Gasteiger partial charge in [-0.05, 0) is 56.2 Å². The van der Waals surface area contributed by atoms with Crippen molar-refractivity contribution in [2.45, 2.75) is 27.4 Å². The van der Waals surface area contributed by atoms with Crippen molar-refractivity contribution >= 4 is 40.7 Å². The highest BCUT2D eigenvalue weighted by molar-refractivity contribution is 6.35. The summed E-state index contributed by atoms with van der Waals surface area (Å²) in [5.74, 6) is -0.582. The Hall–Kier alpha value is -2.70. The molecule has 0 fully saturated rings. The molecular formula is C23H25Cl2NO5. The minimum absolute atomic E-state index is 0.0896. The van der Waals surface area contributed by atoms with Crippen molar-refractivity contribution in [1.82, 2.24) is 4.90 Å². The topological polar surface area (TPSA) is 76.1 Å². The molecule has 0 aliphatic heterocycles. The molecule has 0 aromatic heterocycles. The molecule has 2 aromatic rings. The lowest BCUT2D eigenvalue weighted by molar-refractivity contribution is -0.139. The maximum absolute atomic E-state index is 12.4. The van der Waals surface area contributed by atoms with E-state index in [1.54, 1.807) is 47.4 Å². The maximum Gasteiger partial charge on any atom is 0.341 e. The number of amides is 1. The Bertz CT molecular complexity index is 970. The van der Waals surface area contributed by atoms with E-state index >= 15 is 0 Å². The van der Waals surface area contributed by atoms with E-state index < -0.39 is 12.6 Å². The van der Waals surface area contributed by atoms with Gasteiger partial charge >= 0.3 is 5.97 Å². The molecule has 0 heterocycles. The number of carboxylic acids is 1. The van der Waals surface area contributed by atoms with Gasteiger partial charge in [-0.25, -0.2) is 4.79 Å². The van der Waals surface area contributed by atoms with Gasteiger partial charge in [0.05, 0.1) is 0 Å². The predicted molar refractivity (Wildman–Crippen MR) is 122 cm³/mol. The number of ether oxygens (including phenoxy) is 2. The first-order valence-corrected chi connectivity index (χ1v) is 10.5. The number of benzene rings is 2. The Morgan fingerprint density at radius 3 is 2.35 bits per heavy atom. The fourth-order valence-corrected chi connectivity index (χ4v) is 3.28. The number of nitrogens with zero attached hydrogens (tertiary/aromatic N) is 1. The molecule has 166 valence electrons. The summed E-state index contributed by atoms with van der Waals surface area (Å²) in [6.45, 7) is 6.50. The lowest BCUT2D eigenvalue weighted by Crippen LogP contribution is -2.28. The van der Waals surface area contributed by atoms with Crippen LogP contribution >= 0.6 is 23.2 Å². The smallest absolute Gasteiger partial charge is 0.341 e. The van der Waals surface area contributed by atoms with Crippen molar-refractivity contribution in [1.29, 1.82) is 0 Å². The number of likely N-dealkylation sites (N-methyl/N-ethyl adjacent to an activating group) is 1. The average Bonchev–Trinajstić information content (AvgIpc) is 2.72. The Balaban J connectivity index is 2.28. The van der Waals surface area contributed by atoms with E-state index in [9.17, 15) is 9.59 Å². The summed E-state index contributed by atoms with van der Waals surface area (Å²) in [5, 5.41) is 9.97. The highest BCUT2D eigenvalue weighted by atomic mass is 35.5. The van der Waals surface area contributed by atoms with Gasteiger partial charge in [0.15, 0.2) is 18.1 Å². The van der Waals surface area contributed by atoms with Crippen LogP contribution in [0, 0.1) is 0 Å². The second-order valence-electron chi connectivity index (χ2n) is 6.71. The third-order valence-corrected chi connectivity index (χ3v) is 5.15. The lowest BCUT2D eigenvalue weighted by Gasteiger charge is -2.17. The van der Waals surface area contributed by atoms with E-state index in [1.807, 2.05) is 20.8 Å². The summed E-state index contributed by atoms with van der Waals surface area (Å²) in [7, 11) is 0. The number of rotatable bonds is 10. The molecule has 0 radical (unpaired) electrons. The van der Waals surface area contributed by atoms with Crippen LogP contribution in [-0.2, 0) is 16.2 Å². The van der Waals surface area contributed by atoms with Gasteiger partial charge in [0.25, 0.3) is 0 Å². The predicted octanol–water partition coefficient (Wildman–Crippen LogP) is 5.31. The van der Waals surface area contributed by atoms with Crippen molar-refractivity contribution in [3.05, 3.63) is 63.6 Å². The third kappa shape index (κ3) is 7.19. The number of allylic oxidation sites excluding steroid dienone is 1. The number of hydrogen-bond acceptors (Lipinski definition) is 4. The monoisotopic (exact) mass is 465 g/mol. The molecule has 0 bridgehead atoms. The van der Waals surface area contributed by atoms with Gasteiger partial charge < -0.3 is 19.5 Å². The van der Waals surface area contributed by atoms with Gasteiger partial charge in [0, 0.05) is 34.8 Å². The van der Waals surface area contributed by atoms with Crippen LogP contribution in [0.1, 0.15) is 31.9 Å². The van der Waals surface area contributed by atoms with E-state index in [4.69, 9.17) is 37.8 Å². The Labute approximate surface area is 192 Å². The standard InChI is InChI=1S/C23H25Cl2NO5/c1-4-26(5-2)22(27)10-15(3)16-7-9-20(21(11-16)31-14-23(28)29)30-13-17-6-8-18(24)12-19(17)25/h6-12H,4-5,13-14H2,1-3H3,(H,28,29)/b15-10-. The summed E-state index contributed by atoms with van der Waals surface area (Å²) in [6.07, 6.45) is 1.55. The van der Waals surface area contributed by atoms with Crippen LogP contribution in [-0.4, -0.2) is 41.6 Å². The molecular weight excluding hydrogens is 441 g/mol. The van der Waals surface area contributed by atoms with Gasteiger partial charge in [0.2, 0.25) is 5.91 Å². The molecule has 1 N–H and O–H groups in total. The minimum Gasteiger partial charge on any atom is -0.485 e. The molecule has 1 amide bonds. The molecule has 0 atom stereocenters. The largest absolute Gasteiger partial charge is 0.485 e. The van der Waals surface area contributed by atoms with Crippen LogP contribution in [0.15, 0.2) is 42.5 Å². The van der Waals surface area contributed by atoms with Crippen LogP contribution in [0.4, 0.5) is 0 Å². The summed E-state index contributed by atoms with van der Waals surface area (Å²) >= 11 is 12.1. The molecule has 0 aliphatic rings. The van der Waals surface area contributed by atoms with Gasteiger partial charge in [-0.1, -0.05) is 35.3 Å². The quantitative estimate of drug-likeness (QED) is 0.481. The molecule has 8 heteroatoms. The van der Waals surface area contributed by atoms with Crippen molar-refractivity contribution in [3.8, 4) is 11.5 Å². The highest BCUT2D eigenvalue weighted by Gasteiger charge is 2.13. The van der Waals surface area contributed by atoms with Crippen LogP contribution in [0.2, 0.25) is 10.0 Å². The van der Waals surface area contributed by atoms with Gasteiger partial charge in [-0.3, -0.25) is 4.79 Å². The van der Waals surface area contributed by atoms with Gasteiger partial charge in [-0.15, -0.1) is 0 Å². The first kappa shape index (κ1) is 24.6. The lowest BCUT2D eigenvalue weighted by atomic mass is 10.1. The molecule has 0 saturated heterocycles. The second-order valence-corrected chi connectivity index (χ2v) is 7.55. The third-order valence-electron chi connectivity index (χ3n) is 4.56. The minimum atomic E-state index is -1.11. The zero-order valence-corrected chi connectivity index (χ0v) is 19.2. The molecule has 6 nitrogen and oxygen atoms in total. The Kier molecular flexibility index (Phi) is 9.21. The number of aliphatic carboxylic acids is 1. The number of carbonyl (C=O) groups is 2. The first-order valence-electron chi connectivity index (χ1n) is 9.78. The maximum atomic E-state index is 12.4. The van der Waals surface area contributed by atoms with E-state index in [0.29, 0.717) is 28.9 Å². The highest BCUT2D eigenvalue weighted by Crippen LogP contribution is 2.32. The summed E-state index contributed by atoms with van der Waals surface area (Å²) in [6, 6.07) is 10.2. The summed E-state index contributed by atoms with van der Waals surface area (Å²) in [5.41, 5.74) is 2.17. The molecule has 0 saturated carbocycles. The van der Waals surface area contributed by atoms with Crippen LogP contribution in [0.3, 0.4) is 0 Å². The Morgan fingerprint density at radius 2 is 1.74 bits per heavy atom. The molecule has 31 heavy (non-hydrogen) atoms. The molecule has 0 spiro atoms. The summed E-state index contributed by atoms with van der Waals surface area (Å²) < 4.78 is 11.2. The zero-order valence-electron chi connectivity index (χ0n) is 17.7. The second kappa shape index (κ2) is 11.6. The van der Waals surface area contributed by atoms with Crippen LogP contribution in [0.5, 0.6) is 11.5 Å². The van der Waals surface area contributed by atoms with Gasteiger partial charge in [-0.2, -0.15) is 0 Å². The fraction of sp³-hybridized carbons (Fsp3) is 0.304. The normalized spacial score (nSPS) is 11.2. The van der Waals surface area contributed by atoms with Gasteiger partial charge in [0.1, 0.15) is 6.61 Å². The molecule has 2 rings (SSSR count). The average molecular weight is 466 g/mol. The van der Waals surface area contributed by atoms with Crippen molar-refractivity contribution in [2.75, 3.05) is 19.7 Å². The number of halogens is 2. The van der Waals surface area contributed by atoms with E-state index in [1.165, 1.54) is 0 Å². The molecule has 0 unspecified atom stereocenters. The first-order chi connectivity index (χ1) is 14.7. The fourth-order valence-electron chi connectivity index (χ4n) is 2.81. The number of carbonyl (C=O) groups excluding carboxylic acids is 1. The van der Waals surface area contributed by atoms with E-state index in [0.717, 1.165) is 16.7 Å². The van der Waals surface area contributed by atoms with E-state index in [2.05, 4.69) is 0 Å². The van der Waals surface area contributed by atoms with E-state index in [-0.39, 0.29) is 18.3 Å². The zero-order chi connectivity index (χ0) is 23.0. The van der Waals surface area contributed by atoms with Crippen molar-refractivity contribution in [3.63, 3.8) is 0 Å². The van der Waals surface area contributed by atoms with Crippen LogP contribution in [0.25, 0.3) is 5.57 Å². The molecule has 2 aromatic carbocycles. The van der Waals surface area contributed by atoms with Crippen LogP contribution < -0.4 is 9.47 Å².